The molecule has 0 radical (unpaired) electrons. The summed E-state index contributed by atoms with van der Waals surface area (Å²) in [6.45, 7) is 2.51. The predicted octanol–water partition coefficient (Wildman–Crippen LogP) is 2.37. The van der Waals surface area contributed by atoms with E-state index in [2.05, 4.69) is 15.4 Å². The van der Waals surface area contributed by atoms with Gasteiger partial charge in [-0.1, -0.05) is 23.7 Å². The number of hydrogen-bond acceptors (Lipinski definition) is 3. The summed E-state index contributed by atoms with van der Waals surface area (Å²) in [6.07, 6.45) is 2.39. The minimum absolute atomic E-state index is 0.183. The van der Waals surface area contributed by atoms with Crippen molar-refractivity contribution in [1.82, 2.24) is 20.1 Å². The van der Waals surface area contributed by atoms with Gasteiger partial charge in [0.15, 0.2) is 0 Å². The van der Waals surface area contributed by atoms with Gasteiger partial charge < -0.3 is 5.32 Å². The molecule has 5 nitrogen and oxygen atoms in total. The third kappa shape index (κ3) is 2.67. The molecule has 0 atom stereocenters. The number of aromatic nitrogens is 3. The number of rotatable bonds is 4. The molecule has 1 N–H and O–H groups in total. The first-order chi connectivity index (χ1) is 9.65. The van der Waals surface area contributed by atoms with E-state index in [1.165, 1.54) is 12.8 Å². The molecule has 6 heteroatoms. The quantitative estimate of drug-likeness (QED) is 0.940. The molecular formula is C14H15ClN4O. The summed E-state index contributed by atoms with van der Waals surface area (Å²) >= 11 is 6.14. The van der Waals surface area contributed by atoms with E-state index in [0.29, 0.717) is 23.3 Å². The minimum Gasteiger partial charge on any atom is -0.349 e. The van der Waals surface area contributed by atoms with Crippen molar-refractivity contribution in [3.63, 3.8) is 0 Å². The zero-order chi connectivity index (χ0) is 14.1. The number of nitrogens with zero attached hydrogens (tertiary/aromatic N) is 3. The molecule has 20 heavy (non-hydrogen) atoms. The first-order valence-electron chi connectivity index (χ1n) is 6.62. The maximum absolute atomic E-state index is 12.0. The highest BCUT2D eigenvalue weighted by atomic mass is 35.5. The Bertz CT molecular complexity index is 648. The van der Waals surface area contributed by atoms with E-state index in [-0.39, 0.29) is 11.7 Å². The molecule has 0 aliphatic heterocycles. The highest BCUT2D eigenvalue weighted by Gasteiger charge is 2.23. The Morgan fingerprint density at radius 3 is 2.90 bits per heavy atom. The Labute approximate surface area is 122 Å². The number of halogens is 1. The molecule has 2 aromatic rings. The van der Waals surface area contributed by atoms with Crippen LogP contribution in [0.4, 0.5) is 0 Å². The number of carbonyl (C=O) groups excluding carboxylic acids is 1. The highest BCUT2D eigenvalue weighted by molar-refractivity contribution is 6.32. The summed E-state index contributed by atoms with van der Waals surface area (Å²) in [5.41, 5.74) is 0.723. The second-order valence-electron chi connectivity index (χ2n) is 5.00. The van der Waals surface area contributed by atoms with Gasteiger partial charge in [-0.05, 0) is 37.8 Å². The maximum Gasteiger partial charge on any atom is 0.290 e. The molecule has 1 aromatic carbocycles. The Morgan fingerprint density at radius 2 is 2.20 bits per heavy atom. The second kappa shape index (κ2) is 5.25. The van der Waals surface area contributed by atoms with E-state index in [9.17, 15) is 4.79 Å². The fourth-order valence-corrected chi connectivity index (χ4v) is 2.19. The van der Waals surface area contributed by atoms with E-state index >= 15 is 0 Å². The predicted molar refractivity (Wildman–Crippen MR) is 76.2 cm³/mol. The van der Waals surface area contributed by atoms with Gasteiger partial charge in [-0.2, -0.15) is 0 Å². The average Bonchev–Trinajstić information content (AvgIpc) is 3.19. The van der Waals surface area contributed by atoms with Crippen molar-refractivity contribution in [1.29, 1.82) is 0 Å². The first-order valence-corrected chi connectivity index (χ1v) is 6.99. The zero-order valence-electron chi connectivity index (χ0n) is 11.1. The van der Waals surface area contributed by atoms with E-state index in [1.807, 2.05) is 18.2 Å². The van der Waals surface area contributed by atoms with Crippen molar-refractivity contribution < 1.29 is 4.79 Å². The summed E-state index contributed by atoms with van der Waals surface area (Å²) < 4.78 is 1.59. The lowest BCUT2D eigenvalue weighted by Crippen LogP contribution is -2.26. The van der Waals surface area contributed by atoms with Crippen molar-refractivity contribution in [3.05, 3.63) is 40.9 Å². The van der Waals surface area contributed by atoms with Crippen LogP contribution in [0.15, 0.2) is 24.3 Å². The number of hydrogen-bond donors (Lipinski definition) is 1. The average molecular weight is 291 g/mol. The third-order valence-electron chi connectivity index (χ3n) is 3.30. The van der Waals surface area contributed by atoms with Gasteiger partial charge in [-0.15, -0.1) is 5.10 Å². The molecule has 1 amide bonds. The summed E-state index contributed by atoms with van der Waals surface area (Å²) in [4.78, 5) is 16.2. The molecule has 1 fully saturated rings. The fraction of sp³-hybridized carbons (Fsp3) is 0.357. The van der Waals surface area contributed by atoms with Crippen molar-refractivity contribution in [2.45, 2.75) is 19.8 Å². The molecule has 0 bridgehead atoms. The molecule has 104 valence electrons. The zero-order valence-corrected chi connectivity index (χ0v) is 11.9. The third-order valence-corrected chi connectivity index (χ3v) is 3.62. The summed E-state index contributed by atoms with van der Waals surface area (Å²) in [5.74, 6) is 1.22. The van der Waals surface area contributed by atoms with E-state index < -0.39 is 0 Å². The molecule has 0 unspecified atom stereocenters. The van der Waals surface area contributed by atoms with E-state index in [4.69, 9.17) is 11.6 Å². The van der Waals surface area contributed by atoms with E-state index in [0.717, 1.165) is 5.69 Å². The van der Waals surface area contributed by atoms with Gasteiger partial charge in [0.2, 0.25) is 5.82 Å². The Balaban J connectivity index is 1.83. The minimum atomic E-state index is -0.231. The normalized spacial score (nSPS) is 14.3. The maximum atomic E-state index is 12.0. The van der Waals surface area contributed by atoms with Crippen LogP contribution < -0.4 is 5.32 Å². The Kier molecular flexibility index (Phi) is 3.44. The van der Waals surface area contributed by atoms with E-state index in [1.54, 1.807) is 17.7 Å². The summed E-state index contributed by atoms with van der Waals surface area (Å²) in [5, 5.41) is 7.68. The van der Waals surface area contributed by atoms with Crippen LogP contribution in [-0.4, -0.2) is 27.2 Å². The number of nitrogens with one attached hydrogen (secondary N) is 1. The molecule has 1 saturated carbocycles. The largest absolute Gasteiger partial charge is 0.349 e. The lowest BCUT2D eigenvalue weighted by Gasteiger charge is -2.04. The SMILES string of the molecule is Cc1nc(C(=O)NCC2CC2)nn1-c1ccccc1Cl. The van der Waals surface area contributed by atoms with Crippen LogP contribution in [0.5, 0.6) is 0 Å². The van der Waals surface area contributed by atoms with Gasteiger partial charge in [0.25, 0.3) is 5.91 Å². The van der Waals surface area contributed by atoms with Crippen molar-refractivity contribution >= 4 is 17.5 Å². The smallest absolute Gasteiger partial charge is 0.290 e. The molecule has 1 aliphatic rings. The number of aryl methyl sites for hydroxylation is 1. The lowest BCUT2D eigenvalue weighted by atomic mass is 10.3. The Hall–Kier alpha value is -1.88. The monoisotopic (exact) mass is 290 g/mol. The van der Waals surface area contributed by atoms with Gasteiger partial charge >= 0.3 is 0 Å². The number of amides is 1. The van der Waals surface area contributed by atoms with Crippen LogP contribution in [0.25, 0.3) is 5.69 Å². The topological polar surface area (TPSA) is 59.8 Å². The molecule has 1 heterocycles. The second-order valence-corrected chi connectivity index (χ2v) is 5.41. The molecule has 3 rings (SSSR count). The van der Waals surface area contributed by atoms with Crippen LogP contribution in [0.3, 0.4) is 0 Å². The Morgan fingerprint density at radius 1 is 1.45 bits per heavy atom. The number of benzene rings is 1. The van der Waals surface area contributed by atoms with Crippen molar-refractivity contribution in [3.8, 4) is 5.69 Å². The summed E-state index contributed by atoms with van der Waals surface area (Å²) in [7, 11) is 0. The lowest BCUT2D eigenvalue weighted by molar-refractivity contribution is 0.0941. The molecule has 1 aliphatic carbocycles. The van der Waals surface area contributed by atoms with Crippen molar-refractivity contribution in [2.24, 2.45) is 5.92 Å². The van der Waals surface area contributed by atoms with Crippen LogP contribution in [-0.2, 0) is 0 Å². The van der Waals surface area contributed by atoms with Crippen LogP contribution in [0.1, 0.15) is 29.3 Å². The van der Waals surface area contributed by atoms with Crippen LogP contribution in [0.2, 0.25) is 5.02 Å². The van der Waals surface area contributed by atoms with Gasteiger partial charge in [0.05, 0.1) is 10.7 Å². The van der Waals surface area contributed by atoms with Crippen LogP contribution >= 0.6 is 11.6 Å². The fourth-order valence-electron chi connectivity index (χ4n) is 1.98. The van der Waals surface area contributed by atoms with Crippen molar-refractivity contribution in [2.75, 3.05) is 6.54 Å². The van der Waals surface area contributed by atoms with Crippen LogP contribution in [0, 0.1) is 12.8 Å². The van der Waals surface area contributed by atoms with Gasteiger partial charge in [-0.3, -0.25) is 4.79 Å². The standard InChI is InChI=1S/C14H15ClN4O/c1-9-17-13(14(20)16-8-10-6-7-10)18-19(9)12-5-3-2-4-11(12)15/h2-5,10H,6-8H2,1H3,(H,16,20). The molecule has 0 saturated heterocycles. The highest BCUT2D eigenvalue weighted by Crippen LogP contribution is 2.27. The summed E-state index contributed by atoms with van der Waals surface area (Å²) in [6, 6.07) is 7.34. The first kappa shape index (κ1) is 13.1. The van der Waals surface area contributed by atoms with Gasteiger partial charge in [0, 0.05) is 6.54 Å². The van der Waals surface area contributed by atoms with Gasteiger partial charge in [-0.25, -0.2) is 9.67 Å². The molecular weight excluding hydrogens is 276 g/mol. The molecule has 0 spiro atoms. The number of carbonyl (C=O) groups is 1. The van der Waals surface area contributed by atoms with Gasteiger partial charge in [0.1, 0.15) is 5.82 Å². The number of para-hydroxylation sites is 1. The molecule has 1 aromatic heterocycles.